The van der Waals surface area contributed by atoms with E-state index in [0.29, 0.717) is 5.75 Å². The molecule has 5 atom stereocenters. The summed E-state index contributed by atoms with van der Waals surface area (Å²) in [6.07, 6.45) is 6.00. The SMILES string of the molecule is CCN(Cc1ccccc1)C1CC[C@@]2(O)[C@H]3Cc4ccc(O)c5c4[C@@]2(CCN3CC2CC2)C1O5. The molecule has 0 radical (unpaired) electrons. The Hall–Kier alpha value is -2.08. The fourth-order valence-corrected chi connectivity index (χ4v) is 8.11. The van der Waals surface area contributed by atoms with Crippen molar-refractivity contribution >= 4 is 0 Å². The summed E-state index contributed by atoms with van der Waals surface area (Å²) in [5.74, 6) is 1.69. The van der Waals surface area contributed by atoms with Gasteiger partial charge in [-0.2, -0.15) is 0 Å². The van der Waals surface area contributed by atoms with E-state index in [1.54, 1.807) is 0 Å². The molecule has 34 heavy (non-hydrogen) atoms. The van der Waals surface area contributed by atoms with E-state index in [0.717, 1.165) is 63.3 Å². The van der Waals surface area contributed by atoms with E-state index in [9.17, 15) is 10.2 Å². The molecule has 1 spiro atoms. The zero-order valence-electron chi connectivity index (χ0n) is 20.1. The van der Waals surface area contributed by atoms with E-state index in [-0.39, 0.29) is 23.9 Å². The molecule has 2 aromatic rings. The van der Waals surface area contributed by atoms with Crippen LogP contribution in [0.5, 0.6) is 11.5 Å². The molecule has 1 saturated heterocycles. The number of nitrogens with zero attached hydrogens (tertiary/aromatic N) is 2. The molecule has 5 aliphatic rings. The molecule has 3 fully saturated rings. The molecule has 180 valence electrons. The summed E-state index contributed by atoms with van der Waals surface area (Å²) in [5, 5.41) is 23.5. The van der Waals surface area contributed by atoms with Crippen LogP contribution in [0.1, 0.15) is 55.7 Å². The Bertz CT molecular complexity index is 1100. The van der Waals surface area contributed by atoms with Gasteiger partial charge in [-0.15, -0.1) is 0 Å². The van der Waals surface area contributed by atoms with Crippen LogP contribution in [0.2, 0.25) is 0 Å². The molecular weight excluding hydrogens is 424 g/mol. The Morgan fingerprint density at radius 2 is 1.91 bits per heavy atom. The zero-order chi connectivity index (χ0) is 23.1. The van der Waals surface area contributed by atoms with Crippen LogP contribution >= 0.6 is 0 Å². The third kappa shape index (κ3) is 2.78. The highest BCUT2D eigenvalue weighted by atomic mass is 16.5. The molecule has 2 N–H and O–H groups in total. The van der Waals surface area contributed by atoms with Crippen LogP contribution in [-0.4, -0.2) is 63.4 Å². The van der Waals surface area contributed by atoms with Gasteiger partial charge in [-0.1, -0.05) is 43.3 Å². The van der Waals surface area contributed by atoms with Crippen LogP contribution in [0.25, 0.3) is 0 Å². The number of benzene rings is 2. The van der Waals surface area contributed by atoms with Gasteiger partial charge in [0.15, 0.2) is 11.5 Å². The molecule has 0 amide bonds. The van der Waals surface area contributed by atoms with Crippen molar-refractivity contribution in [2.45, 2.75) is 81.2 Å². The number of likely N-dealkylation sites (tertiary alicyclic amines) is 1. The standard InChI is InChI=1S/C29H36N2O3/c1-2-30(17-19-6-4-3-5-7-19)22-12-13-29(33)24-16-21-10-11-23(32)26-25(21)28(29,27(22)34-26)14-15-31(24)18-20-8-9-20/h3-7,10-11,20,22,24,27,32-33H,2,8-9,12-18H2,1H3/t22?,24-,27?,28+,29-/m1/s1. The van der Waals surface area contributed by atoms with Gasteiger partial charge < -0.3 is 14.9 Å². The van der Waals surface area contributed by atoms with Crippen LogP contribution < -0.4 is 4.74 Å². The summed E-state index contributed by atoms with van der Waals surface area (Å²) in [6, 6.07) is 14.9. The summed E-state index contributed by atoms with van der Waals surface area (Å²) in [6.45, 7) is 6.17. The van der Waals surface area contributed by atoms with Crippen molar-refractivity contribution < 1.29 is 14.9 Å². The predicted octanol–water partition coefficient (Wildman–Crippen LogP) is 3.85. The predicted molar refractivity (Wildman–Crippen MR) is 131 cm³/mol. The first-order valence-electron chi connectivity index (χ1n) is 13.3. The second-order valence-electron chi connectivity index (χ2n) is 11.4. The maximum Gasteiger partial charge on any atom is 0.165 e. The van der Waals surface area contributed by atoms with E-state index in [4.69, 9.17) is 4.74 Å². The first-order chi connectivity index (χ1) is 16.5. The van der Waals surface area contributed by atoms with E-state index in [1.807, 2.05) is 6.07 Å². The van der Waals surface area contributed by atoms with Crippen LogP contribution in [-0.2, 0) is 18.4 Å². The number of ether oxygens (including phenoxy) is 1. The minimum Gasteiger partial charge on any atom is -0.504 e. The van der Waals surface area contributed by atoms with Crippen LogP contribution in [0.4, 0.5) is 0 Å². The number of aliphatic hydroxyl groups is 1. The second kappa shape index (κ2) is 7.46. The Labute approximate surface area is 202 Å². The molecule has 2 bridgehead atoms. The molecule has 5 nitrogen and oxygen atoms in total. The lowest BCUT2D eigenvalue weighted by Crippen LogP contribution is -2.78. The Balaban J connectivity index is 1.32. The molecule has 2 aromatic carbocycles. The van der Waals surface area contributed by atoms with Gasteiger partial charge in [-0.05, 0) is 74.7 Å². The fraction of sp³-hybridized carbons (Fsp3) is 0.586. The summed E-state index contributed by atoms with van der Waals surface area (Å²) in [7, 11) is 0. The number of hydrogen-bond acceptors (Lipinski definition) is 5. The average Bonchev–Trinajstić information content (AvgIpc) is 3.59. The number of phenolic OH excluding ortho intramolecular Hbond substituents is 1. The molecule has 5 heteroatoms. The maximum absolute atomic E-state index is 12.6. The van der Waals surface area contributed by atoms with Gasteiger partial charge in [0.25, 0.3) is 0 Å². The lowest BCUT2D eigenvalue weighted by Gasteiger charge is -2.65. The minimum absolute atomic E-state index is 0.136. The van der Waals surface area contributed by atoms with Crippen LogP contribution in [0, 0.1) is 5.92 Å². The average molecular weight is 461 g/mol. The quantitative estimate of drug-likeness (QED) is 0.686. The molecule has 2 saturated carbocycles. The number of hydrogen-bond donors (Lipinski definition) is 2. The monoisotopic (exact) mass is 460 g/mol. The summed E-state index contributed by atoms with van der Waals surface area (Å²) in [5.41, 5.74) is 2.47. The Kier molecular flexibility index (Phi) is 4.66. The van der Waals surface area contributed by atoms with Crippen LogP contribution in [0.15, 0.2) is 42.5 Å². The lowest BCUT2D eigenvalue weighted by molar-refractivity contribution is -0.201. The highest BCUT2D eigenvalue weighted by Crippen LogP contribution is 2.66. The number of piperidine rings is 1. The van der Waals surface area contributed by atoms with Gasteiger partial charge in [0.2, 0.25) is 0 Å². The molecular formula is C29H36N2O3. The van der Waals surface area contributed by atoms with Crippen molar-refractivity contribution in [3.05, 3.63) is 59.2 Å². The number of likely N-dealkylation sites (N-methyl/N-ethyl adjacent to an activating group) is 1. The van der Waals surface area contributed by atoms with Gasteiger partial charge in [0, 0.05) is 30.7 Å². The molecule has 7 rings (SSSR count). The number of aromatic hydroxyl groups is 1. The lowest BCUT2D eigenvalue weighted by atomic mass is 9.48. The third-order valence-corrected chi connectivity index (χ3v) is 9.84. The van der Waals surface area contributed by atoms with Crippen molar-refractivity contribution in [2.75, 3.05) is 19.6 Å². The molecule has 2 heterocycles. The van der Waals surface area contributed by atoms with Crippen molar-refractivity contribution in [3.63, 3.8) is 0 Å². The Morgan fingerprint density at radius 1 is 1.09 bits per heavy atom. The van der Waals surface area contributed by atoms with Gasteiger partial charge in [-0.3, -0.25) is 9.80 Å². The topological polar surface area (TPSA) is 56.2 Å². The van der Waals surface area contributed by atoms with Crippen molar-refractivity contribution in [3.8, 4) is 11.5 Å². The number of phenols is 1. The molecule has 3 aliphatic carbocycles. The smallest absolute Gasteiger partial charge is 0.165 e. The van der Waals surface area contributed by atoms with Gasteiger partial charge in [-0.25, -0.2) is 0 Å². The first-order valence-corrected chi connectivity index (χ1v) is 13.3. The van der Waals surface area contributed by atoms with E-state index < -0.39 is 11.0 Å². The minimum atomic E-state index is -0.806. The van der Waals surface area contributed by atoms with E-state index in [1.165, 1.54) is 24.0 Å². The number of rotatable bonds is 6. The van der Waals surface area contributed by atoms with Crippen molar-refractivity contribution in [1.82, 2.24) is 9.80 Å². The van der Waals surface area contributed by atoms with E-state index in [2.05, 4.69) is 53.1 Å². The van der Waals surface area contributed by atoms with Gasteiger partial charge in [0.1, 0.15) is 6.10 Å². The summed E-state index contributed by atoms with van der Waals surface area (Å²) in [4.78, 5) is 5.15. The van der Waals surface area contributed by atoms with Crippen molar-refractivity contribution in [2.24, 2.45) is 5.92 Å². The van der Waals surface area contributed by atoms with Gasteiger partial charge >= 0.3 is 0 Å². The fourth-order valence-electron chi connectivity index (χ4n) is 8.11. The zero-order valence-corrected chi connectivity index (χ0v) is 20.1. The second-order valence-corrected chi connectivity index (χ2v) is 11.4. The largest absolute Gasteiger partial charge is 0.504 e. The maximum atomic E-state index is 12.6. The summed E-state index contributed by atoms with van der Waals surface area (Å²) < 4.78 is 6.77. The van der Waals surface area contributed by atoms with E-state index >= 15 is 0 Å². The normalized spacial score (nSPS) is 35.8. The van der Waals surface area contributed by atoms with Crippen LogP contribution in [0.3, 0.4) is 0 Å². The highest BCUT2D eigenvalue weighted by Gasteiger charge is 2.73. The van der Waals surface area contributed by atoms with Gasteiger partial charge in [0.05, 0.1) is 11.0 Å². The molecule has 2 aliphatic heterocycles. The van der Waals surface area contributed by atoms with Crippen molar-refractivity contribution in [1.29, 1.82) is 0 Å². The first kappa shape index (κ1) is 21.2. The molecule has 0 aromatic heterocycles. The molecule has 2 unspecified atom stereocenters. The highest BCUT2D eigenvalue weighted by molar-refractivity contribution is 5.62. The third-order valence-electron chi connectivity index (χ3n) is 9.84. The Morgan fingerprint density at radius 3 is 2.68 bits per heavy atom. The summed E-state index contributed by atoms with van der Waals surface area (Å²) >= 11 is 0.